The smallest absolute Gasteiger partial charge is 0.293 e. The fourth-order valence-electron chi connectivity index (χ4n) is 1.67. The van der Waals surface area contributed by atoms with Crippen molar-refractivity contribution in [1.82, 2.24) is 4.98 Å². The van der Waals surface area contributed by atoms with Crippen molar-refractivity contribution in [2.75, 3.05) is 17.7 Å². The van der Waals surface area contributed by atoms with E-state index < -0.39 is 16.6 Å². The number of rotatable bonds is 4. The molecule has 0 atom stereocenters. The zero-order chi connectivity index (χ0) is 15.4. The number of nitrogens with zero attached hydrogens (tertiary/aromatic N) is 2. The molecule has 0 fully saturated rings. The lowest BCUT2D eigenvalue weighted by molar-refractivity contribution is -0.384. The number of nitro benzene ring substituents is 1. The van der Waals surface area contributed by atoms with E-state index >= 15 is 0 Å². The van der Waals surface area contributed by atoms with Gasteiger partial charge in [0.15, 0.2) is 0 Å². The van der Waals surface area contributed by atoms with E-state index in [1.54, 1.807) is 7.05 Å². The van der Waals surface area contributed by atoms with Crippen LogP contribution in [0.15, 0.2) is 36.5 Å². The molecule has 0 bridgehead atoms. The first-order valence-corrected chi connectivity index (χ1v) is 5.90. The Labute approximate surface area is 119 Å². The monoisotopic (exact) mass is 290 g/mol. The molecule has 2 rings (SSSR count). The highest BCUT2D eigenvalue weighted by molar-refractivity contribution is 6.04. The lowest BCUT2D eigenvalue weighted by Crippen LogP contribution is -2.13. The Balaban J connectivity index is 2.25. The van der Waals surface area contributed by atoms with Crippen molar-refractivity contribution in [3.05, 3.63) is 58.0 Å². The fraction of sp³-hybridized carbons (Fsp3) is 0.0769. The second-order valence-electron chi connectivity index (χ2n) is 4.05. The maximum Gasteiger partial charge on any atom is 0.293 e. The zero-order valence-corrected chi connectivity index (χ0v) is 11.0. The number of benzene rings is 1. The first-order valence-electron chi connectivity index (χ1n) is 5.90. The Morgan fingerprint density at radius 1 is 1.33 bits per heavy atom. The van der Waals surface area contributed by atoms with Crippen LogP contribution in [0.3, 0.4) is 0 Å². The predicted octanol–water partition coefficient (Wildman–Crippen LogP) is 2.42. The minimum absolute atomic E-state index is 0.104. The van der Waals surface area contributed by atoms with Crippen molar-refractivity contribution < 1.29 is 14.1 Å². The molecule has 108 valence electrons. The van der Waals surface area contributed by atoms with E-state index in [9.17, 15) is 19.3 Å². The molecule has 0 saturated heterocycles. The molecule has 0 radical (unpaired) electrons. The van der Waals surface area contributed by atoms with Crippen LogP contribution in [0.1, 0.15) is 10.4 Å². The first kappa shape index (κ1) is 14.4. The fourth-order valence-corrected chi connectivity index (χ4v) is 1.67. The molecule has 1 heterocycles. The molecule has 0 aliphatic carbocycles. The Bertz CT molecular complexity index is 688. The van der Waals surface area contributed by atoms with E-state index in [4.69, 9.17) is 0 Å². The molecule has 0 spiro atoms. The summed E-state index contributed by atoms with van der Waals surface area (Å²) < 4.78 is 12.7. The average molecular weight is 290 g/mol. The lowest BCUT2D eigenvalue weighted by atomic mass is 10.1. The van der Waals surface area contributed by atoms with Gasteiger partial charge >= 0.3 is 0 Å². The van der Waals surface area contributed by atoms with Crippen molar-refractivity contribution in [3.63, 3.8) is 0 Å². The second-order valence-corrected chi connectivity index (χ2v) is 4.05. The molecule has 2 N–H and O–H groups in total. The number of hydrogen-bond acceptors (Lipinski definition) is 5. The third-order valence-corrected chi connectivity index (χ3v) is 2.69. The Kier molecular flexibility index (Phi) is 4.07. The largest absolute Gasteiger partial charge is 0.383 e. The molecule has 0 aliphatic rings. The maximum absolute atomic E-state index is 12.7. The Morgan fingerprint density at radius 3 is 2.67 bits per heavy atom. The molecule has 0 aliphatic heterocycles. The van der Waals surface area contributed by atoms with Crippen LogP contribution in [0, 0.1) is 15.9 Å². The van der Waals surface area contributed by atoms with Crippen molar-refractivity contribution in [1.29, 1.82) is 0 Å². The average Bonchev–Trinajstić information content (AvgIpc) is 2.48. The molecule has 0 saturated carbocycles. The summed E-state index contributed by atoms with van der Waals surface area (Å²) in [5.74, 6) is -0.941. The number of carbonyl (C=O) groups is 1. The number of amides is 1. The lowest BCUT2D eigenvalue weighted by Gasteiger charge is -2.06. The summed E-state index contributed by atoms with van der Waals surface area (Å²) in [6.07, 6.45) is 0.960. The van der Waals surface area contributed by atoms with Crippen LogP contribution in [0.4, 0.5) is 21.6 Å². The van der Waals surface area contributed by atoms with Gasteiger partial charge in [-0.1, -0.05) is 0 Å². The number of nitro groups is 1. The van der Waals surface area contributed by atoms with Crippen molar-refractivity contribution in [3.8, 4) is 0 Å². The third kappa shape index (κ3) is 3.30. The minimum Gasteiger partial charge on any atom is -0.383 e. The van der Waals surface area contributed by atoms with E-state index in [2.05, 4.69) is 15.6 Å². The topological polar surface area (TPSA) is 97.2 Å². The SMILES string of the molecule is CNc1ccc(C(=O)Nc2ccc(F)cn2)cc1[N+](=O)[O-]. The van der Waals surface area contributed by atoms with Crippen LogP contribution in [-0.2, 0) is 0 Å². The van der Waals surface area contributed by atoms with Crippen LogP contribution in [0.5, 0.6) is 0 Å². The number of carbonyl (C=O) groups excluding carboxylic acids is 1. The highest BCUT2D eigenvalue weighted by Crippen LogP contribution is 2.25. The number of anilines is 2. The third-order valence-electron chi connectivity index (χ3n) is 2.69. The molecule has 1 aromatic heterocycles. The van der Waals surface area contributed by atoms with Crippen LogP contribution in [0.2, 0.25) is 0 Å². The molecule has 1 amide bonds. The van der Waals surface area contributed by atoms with Gasteiger partial charge in [0, 0.05) is 18.7 Å². The molecule has 8 heteroatoms. The van der Waals surface area contributed by atoms with Gasteiger partial charge in [0.1, 0.15) is 17.3 Å². The predicted molar refractivity (Wildman–Crippen MR) is 74.8 cm³/mol. The van der Waals surface area contributed by atoms with Crippen LogP contribution in [0.25, 0.3) is 0 Å². The molecular weight excluding hydrogens is 279 g/mol. The van der Waals surface area contributed by atoms with Crippen LogP contribution >= 0.6 is 0 Å². The number of halogens is 1. The van der Waals surface area contributed by atoms with Gasteiger partial charge in [-0.2, -0.15) is 0 Å². The van der Waals surface area contributed by atoms with Gasteiger partial charge in [-0.05, 0) is 24.3 Å². The van der Waals surface area contributed by atoms with Gasteiger partial charge in [0.2, 0.25) is 0 Å². The van der Waals surface area contributed by atoms with E-state index in [0.717, 1.165) is 18.3 Å². The van der Waals surface area contributed by atoms with Gasteiger partial charge in [-0.15, -0.1) is 0 Å². The number of hydrogen-bond donors (Lipinski definition) is 2. The van der Waals surface area contributed by atoms with Gasteiger partial charge < -0.3 is 10.6 Å². The quantitative estimate of drug-likeness (QED) is 0.665. The van der Waals surface area contributed by atoms with Gasteiger partial charge in [-0.3, -0.25) is 14.9 Å². The van der Waals surface area contributed by atoms with E-state index in [0.29, 0.717) is 5.69 Å². The molecule has 21 heavy (non-hydrogen) atoms. The van der Waals surface area contributed by atoms with E-state index in [1.165, 1.54) is 18.2 Å². The zero-order valence-electron chi connectivity index (χ0n) is 11.0. The summed E-state index contributed by atoms with van der Waals surface area (Å²) in [4.78, 5) is 26.0. The highest BCUT2D eigenvalue weighted by Gasteiger charge is 2.17. The normalized spacial score (nSPS) is 10.0. The Hall–Kier alpha value is -3.03. The van der Waals surface area contributed by atoms with Crippen molar-refractivity contribution in [2.45, 2.75) is 0 Å². The standard InChI is InChI=1S/C13H11FN4O3/c1-15-10-4-2-8(6-11(10)18(20)21)13(19)17-12-5-3-9(14)7-16-12/h2-7,15H,1H3,(H,16,17,19). The summed E-state index contributed by atoms with van der Waals surface area (Å²) in [6.45, 7) is 0. The summed E-state index contributed by atoms with van der Waals surface area (Å²) in [5, 5.41) is 16.0. The summed E-state index contributed by atoms with van der Waals surface area (Å²) in [5.41, 5.74) is 0.195. The first-order chi connectivity index (χ1) is 10.0. The van der Waals surface area contributed by atoms with Crippen LogP contribution in [-0.4, -0.2) is 22.9 Å². The summed E-state index contributed by atoms with van der Waals surface area (Å²) in [6, 6.07) is 6.48. The van der Waals surface area contributed by atoms with Crippen LogP contribution < -0.4 is 10.6 Å². The molecule has 7 nitrogen and oxygen atoms in total. The maximum atomic E-state index is 12.7. The minimum atomic E-state index is -0.585. The number of aromatic nitrogens is 1. The second kappa shape index (κ2) is 5.95. The van der Waals surface area contributed by atoms with E-state index in [1.807, 2.05) is 0 Å². The van der Waals surface area contributed by atoms with Crippen molar-refractivity contribution in [2.24, 2.45) is 0 Å². The summed E-state index contributed by atoms with van der Waals surface area (Å²) >= 11 is 0. The molecule has 2 aromatic rings. The van der Waals surface area contributed by atoms with Gasteiger partial charge in [0.25, 0.3) is 11.6 Å². The highest BCUT2D eigenvalue weighted by atomic mass is 19.1. The molecular formula is C13H11FN4O3. The number of pyridine rings is 1. The van der Waals surface area contributed by atoms with Crippen molar-refractivity contribution >= 4 is 23.1 Å². The number of nitrogens with one attached hydrogen (secondary N) is 2. The van der Waals surface area contributed by atoms with E-state index in [-0.39, 0.29) is 17.1 Å². The van der Waals surface area contributed by atoms with Gasteiger partial charge in [0.05, 0.1) is 11.1 Å². The Morgan fingerprint density at radius 2 is 2.10 bits per heavy atom. The van der Waals surface area contributed by atoms with Gasteiger partial charge in [-0.25, -0.2) is 9.37 Å². The molecule has 1 aromatic carbocycles. The summed E-state index contributed by atoms with van der Waals surface area (Å²) in [7, 11) is 1.55. The molecule has 0 unspecified atom stereocenters.